The molecular weight excluding hydrogens is 120 g/mol. The Hall–Kier alpha value is -0.570. The van der Waals surface area contributed by atoms with Gasteiger partial charge in [-0.05, 0) is 0 Å². The molecule has 1 rings (SSSR count). The van der Waals surface area contributed by atoms with Crippen molar-refractivity contribution in [3.8, 4) is 0 Å². The van der Waals surface area contributed by atoms with Crippen LogP contribution in [0, 0.1) is 0 Å². The molecule has 1 aliphatic rings. The standard InChI is InChI=1S/C5H8O3.CH4/c6-5-1-2-7-3-4-8-5;/h1-4H2;1H4. The first-order valence-electron chi connectivity index (χ1n) is 2.63. The highest BCUT2D eigenvalue weighted by atomic mass is 16.6. The first kappa shape index (κ1) is 8.43. The normalized spacial score (nSPS) is 19.3. The lowest BCUT2D eigenvalue weighted by molar-refractivity contribution is -0.142. The number of carbonyl (C=O) groups excluding carboxylic acids is 1. The zero-order valence-corrected chi connectivity index (χ0v) is 4.55. The van der Waals surface area contributed by atoms with Gasteiger partial charge in [-0.15, -0.1) is 0 Å². The van der Waals surface area contributed by atoms with Gasteiger partial charge in [0.15, 0.2) is 0 Å². The van der Waals surface area contributed by atoms with Crippen LogP contribution in [0.15, 0.2) is 0 Å². The van der Waals surface area contributed by atoms with E-state index in [0.717, 1.165) is 0 Å². The third kappa shape index (κ3) is 3.08. The van der Waals surface area contributed by atoms with Crippen LogP contribution in [0.1, 0.15) is 13.8 Å². The smallest absolute Gasteiger partial charge is 0.308 e. The average Bonchev–Trinajstić information content (AvgIpc) is 1.94. The van der Waals surface area contributed by atoms with Crippen molar-refractivity contribution in [1.82, 2.24) is 0 Å². The van der Waals surface area contributed by atoms with Crippen molar-refractivity contribution in [2.75, 3.05) is 19.8 Å². The van der Waals surface area contributed by atoms with Gasteiger partial charge in [0.05, 0.1) is 19.6 Å². The molecule has 0 radical (unpaired) electrons. The van der Waals surface area contributed by atoms with E-state index in [1.165, 1.54) is 0 Å². The molecule has 1 aliphatic heterocycles. The SMILES string of the molecule is C.O=C1CCOCCO1. The van der Waals surface area contributed by atoms with Gasteiger partial charge >= 0.3 is 5.97 Å². The Morgan fingerprint density at radius 3 is 2.78 bits per heavy atom. The summed E-state index contributed by atoms with van der Waals surface area (Å²) >= 11 is 0. The number of cyclic esters (lactones) is 1. The topological polar surface area (TPSA) is 35.5 Å². The van der Waals surface area contributed by atoms with Crippen LogP contribution in [-0.4, -0.2) is 25.8 Å². The number of hydrogen-bond acceptors (Lipinski definition) is 3. The Morgan fingerprint density at radius 1 is 1.22 bits per heavy atom. The molecule has 3 nitrogen and oxygen atoms in total. The number of rotatable bonds is 0. The highest BCUT2D eigenvalue weighted by Gasteiger charge is 2.05. The summed E-state index contributed by atoms with van der Waals surface area (Å²) in [4.78, 5) is 10.4. The molecule has 0 aliphatic carbocycles. The summed E-state index contributed by atoms with van der Waals surface area (Å²) in [6, 6.07) is 0. The van der Waals surface area contributed by atoms with E-state index in [-0.39, 0.29) is 13.4 Å². The quantitative estimate of drug-likeness (QED) is 0.452. The van der Waals surface area contributed by atoms with Gasteiger partial charge < -0.3 is 9.47 Å². The van der Waals surface area contributed by atoms with Crippen LogP contribution in [0.4, 0.5) is 0 Å². The highest BCUT2D eigenvalue weighted by molar-refractivity contribution is 5.69. The summed E-state index contributed by atoms with van der Waals surface area (Å²) in [7, 11) is 0. The molecule has 3 heteroatoms. The molecule has 1 saturated heterocycles. The molecule has 0 bridgehead atoms. The number of esters is 1. The summed E-state index contributed by atoms with van der Waals surface area (Å²) in [5.41, 5.74) is 0. The van der Waals surface area contributed by atoms with Crippen LogP contribution in [-0.2, 0) is 14.3 Å². The van der Waals surface area contributed by atoms with Crippen LogP contribution < -0.4 is 0 Å². The first-order valence-corrected chi connectivity index (χ1v) is 2.63. The van der Waals surface area contributed by atoms with E-state index in [4.69, 9.17) is 4.74 Å². The van der Waals surface area contributed by atoms with E-state index in [2.05, 4.69) is 4.74 Å². The maximum absolute atomic E-state index is 10.4. The van der Waals surface area contributed by atoms with E-state index in [1.807, 2.05) is 0 Å². The van der Waals surface area contributed by atoms with Crippen LogP contribution in [0.3, 0.4) is 0 Å². The fourth-order valence-corrected chi connectivity index (χ4v) is 0.544. The summed E-state index contributed by atoms with van der Waals surface area (Å²) in [6.45, 7) is 1.48. The van der Waals surface area contributed by atoms with Crippen molar-refractivity contribution >= 4 is 5.97 Å². The maximum Gasteiger partial charge on any atom is 0.308 e. The fourth-order valence-electron chi connectivity index (χ4n) is 0.544. The summed E-state index contributed by atoms with van der Waals surface area (Å²) < 4.78 is 9.56. The number of ether oxygens (including phenoxy) is 2. The predicted molar refractivity (Wildman–Crippen MR) is 33.1 cm³/mol. The van der Waals surface area contributed by atoms with E-state index in [9.17, 15) is 4.79 Å². The van der Waals surface area contributed by atoms with Crippen molar-refractivity contribution in [2.45, 2.75) is 13.8 Å². The van der Waals surface area contributed by atoms with Crippen LogP contribution in [0.5, 0.6) is 0 Å². The minimum absolute atomic E-state index is 0. The second-order valence-electron chi connectivity index (χ2n) is 1.58. The molecule has 0 saturated carbocycles. The van der Waals surface area contributed by atoms with E-state index in [1.54, 1.807) is 0 Å². The third-order valence-electron chi connectivity index (χ3n) is 0.941. The van der Waals surface area contributed by atoms with Gasteiger partial charge in [0, 0.05) is 0 Å². The van der Waals surface area contributed by atoms with Gasteiger partial charge in [-0.3, -0.25) is 4.79 Å². The molecule has 0 spiro atoms. The molecule has 0 aromatic heterocycles. The first-order chi connectivity index (χ1) is 3.89. The molecule has 1 heterocycles. The van der Waals surface area contributed by atoms with Crippen molar-refractivity contribution in [3.05, 3.63) is 0 Å². The van der Waals surface area contributed by atoms with Crippen LogP contribution in [0.2, 0.25) is 0 Å². The lowest BCUT2D eigenvalue weighted by Crippen LogP contribution is -2.02. The largest absolute Gasteiger partial charge is 0.463 e. The Kier molecular flexibility index (Phi) is 4.05. The summed E-state index contributed by atoms with van der Waals surface area (Å²) in [5.74, 6) is -0.150. The molecule has 0 N–H and O–H groups in total. The third-order valence-corrected chi connectivity index (χ3v) is 0.941. The molecule has 0 aromatic rings. The highest BCUT2D eigenvalue weighted by Crippen LogP contribution is 1.92. The zero-order valence-electron chi connectivity index (χ0n) is 4.55. The Balaban J connectivity index is 0.000000640. The van der Waals surface area contributed by atoms with Crippen molar-refractivity contribution < 1.29 is 14.3 Å². The number of hydrogen-bond donors (Lipinski definition) is 0. The van der Waals surface area contributed by atoms with E-state index >= 15 is 0 Å². The Bertz CT molecular complexity index is 80.3. The Labute approximate surface area is 55.0 Å². The van der Waals surface area contributed by atoms with Crippen molar-refractivity contribution in [2.24, 2.45) is 0 Å². The lowest BCUT2D eigenvalue weighted by atomic mass is 10.5. The molecule has 1 fully saturated rings. The lowest BCUT2D eigenvalue weighted by Gasteiger charge is -1.93. The van der Waals surface area contributed by atoms with Gasteiger partial charge in [0.25, 0.3) is 0 Å². The minimum Gasteiger partial charge on any atom is -0.463 e. The monoisotopic (exact) mass is 132 g/mol. The zero-order chi connectivity index (χ0) is 5.82. The van der Waals surface area contributed by atoms with E-state index in [0.29, 0.717) is 26.2 Å². The summed E-state index contributed by atoms with van der Waals surface area (Å²) in [5, 5.41) is 0. The van der Waals surface area contributed by atoms with Crippen LogP contribution >= 0.6 is 0 Å². The molecular formula is C6H12O3. The van der Waals surface area contributed by atoms with Gasteiger partial charge in [0.1, 0.15) is 6.61 Å². The average molecular weight is 132 g/mol. The molecule has 9 heavy (non-hydrogen) atoms. The summed E-state index contributed by atoms with van der Waals surface area (Å²) in [6.07, 6.45) is 0.403. The van der Waals surface area contributed by atoms with Gasteiger partial charge in [0.2, 0.25) is 0 Å². The van der Waals surface area contributed by atoms with E-state index < -0.39 is 0 Å². The predicted octanol–water partition coefficient (Wildman–Crippen LogP) is 0.586. The molecule has 54 valence electrons. The second-order valence-corrected chi connectivity index (χ2v) is 1.58. The van der Waals surface area contributed by atoms with Gasteiger partial charge in [-0.1, -0.05) is 7.43 Å². The van der Waals surface area contributed by atoms with Crippen LogP contribution in [0.25, 0.3) is 0 Å². The molecule has 0 aromatic carbocycles. The van der Waals surface area contributed by atoms with Gasteiger partial charge in [-0.2, -0.15) is 0 Å². The Morgan fingerprint density at radius 2 is 2.00 bits per heavy atom. The van der Waals surface area contributed by atoms with Crippen molar-refractivity contribution in [3.63, 3.8) is 0 Å². The minimum atomic E-state index is -0.150. The molecule has 0 atom stereocenters. The molecule has 0 unspecified atom stereocenters. The fraction of sp³-hybridized carbons (Fsp3) is 0.833. The molecule has 0 amide bonds. The maximum atomic E-state index is 10.4. The van der Waals surface area contributed by atoms with Crippen molar-refractivity contribution in [1.29, 1.82) is 0 Å². The number of carbonyl (C=O) groups is 1. The second kappa shape index (κ2) is 4.32. The van der Waals surface area contributed by atoms with Gasteiger partial charge in [-0.25, -0.2) is 0 Å².